The molecule has 1 amide bonds. The molecule has 1 heterocycles. The van der Waals surface area contributed by atoms with Gasteiger partial charge in [0.15, 0.2) is 0 Å². The fourth-order valence-electron chi connectivity index (χ4n) is 3.92. The van der Waals surface area contributed by atoms with Gasteiger partial charge in [-0.05, 0) is 48.7 Å². The Morgan fingerprint density at radius 3 is 2.43 bits per heavy atom. The molecule has 1 aliphatic rings. The summed E-state index contributed by atoms with van der Waals surface area (Å²) in [5, 5.41) is 0. The number of methoxy groups -OCH3 is 1. The van der Waals surface area contributed by atoms with E-state index in [0.29, 0.717) is 13.0 Å². The number of halogens is 2. The van der Waals surface area contributed by atoms with Gasteiger partial charge in [-0.1, -0.05) is 40.2 Å². The highest BCUT2D eigenvalue weighted by Gasteiger charge is 2.43. The Morgan fingerprint density at radius 2 is 1.86 bits per heavy atom. The number of hydrogen-bond acceptors (Lipinski definition) is 3. The topological polar surface area (TPSA) is 46.6 Å². The van der Waals surface area contributed by atoms with E-state index in [1.807, 2.05) is 36.1 Å². The lowest BCUT2D eigenvalue weighted by molar-refractivity contribution is -0.145. The molecule has 2 aromatic rings. The zero-order valence-electron chi connectivity index (χ0n) is 16.0. The summed E-state index contributed by atoms with van der Waals surface area (Å²) in [5.74, 6) is -0.731. The van der Waals surface area contributed by atoms with Crippen molar-refractivity contribution in [3.05, 3.63) is 69.9 Å². The average Bonchev–Trinajstić information content (AvgIpc) is 2.68. The molecule has 4 nitrogen and oxygen atoms in total. The van der Waals surface area contributed by atoms with Crippen molar-refractivity contribution in [3.8, 4) is 0 Å². The number of esters is 1. The second-order valence-electron chi connectivity index (χ2n) is 7.28. The third-order valence-corrected chi connectivity index (χ3v) is 6.16. The molecule has 0 spiro atoms. The zero-order valence-corrected chi connectivity index (χ0v) is 17.5. The van der Waals surface area contributed by atoms with E-state index in [2.05, 4.69) is 15.9 Å². The van der Waals surface area contributed by atoms with E-state index in [1.165, 1.54) is 19.2 Å². The summed E-state index contributed by atoms with van der Waals surface area (Å²) in [4.78, 5) is 27.0. The molecule has 0 bridgehead atoms. The summed E-state index contributed by atoms with van der Waals surface area (Å²) in [6.07, 6.45) is 0.899. The van der Waals surface area contributed by atoms with Crippen LogP contribution in [0, 0.1) is 5.82 Å². The lowest BCUT2D eigenvalue weighted by atomic mass is 9.70. The zero-order chi connectivity index (χ0) is 20.3. The van der Waals surface area contributed by atoms with Crippen molar-refractivity contribution < 1.29 is 18.7 Å². The molecule has 0 aliphatic carbocycles. The van der Waals surface area contributed by atoms with Gasteiger partial charge >= 0.3 is 5.97 Å². The summed E-state index contributed by atoms with van der Waals surface area (Å²) in [7, 11) is 1.34. The molecule has 3 rings (SSSR count). The van der Waals surface area contributed by atoms with E-state index in [1.54, 1.807) is 12.1 Å². The molecule has 6 heteroatoms. The summed E-state index contributed by atoms with van der Waals surface area (Å²) in [6.45, 7) is 2.52. The largest absolute Gasteiger partial charge is 0.469 e. The van der Waals surface area contributed by atoms with Crippen LogP contribution in [0.15, 0.2) is 53.0 Å². The highest BCUT2D eigenvalue weighted by atomic mass is 79.9. The summed E-state index contributed by atoms with van der Waals surface area (Å²) < 4.78 is 19.3. The van der Waals surface area contributed by atoms with Crippen LogP contribution in [0.2, 0.25) is 0 Å². The van der Waals surface area contributed by atoms with Gasteiger partial charge in [-0.3, -0.25) is 9.59 Å². The first-order chi connectivity index (χ1) is 13.3. The first-order valence-electron chi connectivity index (χ1n) is 9.22. The van der Waals surface area contributed by atoms with Gasteiger partial charge in [0.05, 0.1) is 19.6 Å². The molecule has 1 saturated heterocycles. The van der Waals surface area contributed by atoms with Gasteiger partial charge in [0.2, 0.25) is 5.91 Å². The van der Waals surface area contributed by atoms with Crippen molar-refractivity contribution >= 4 is 27.8 Å². The van der Waals surface area contributed by atoms with Crippen LogP contribution in [-0.2, 0) is 19.7 Å². The lowest BCUT2D eigenvalue weighted by Gasteiger charge is -2.43. The van der Waals surface area contributed by atoms with Crippen molar-refractivity contribution in [2.75, 3.05) is 13.7 Å². The van der Waals surface area contributed by atoms with Gasteiger partial charge in [-0.2, -0.15) is 0 Å². The number of carbonyl (C=O) groups is 2. The minimum atomic E-state index is -0.673. The van der Waals surface area contributed by atoms with E-state index < -0.39 is 5.41 Å². The number of benzene rings is 2. The third kappa shape index (κ3) is 4.27. The van der Waals surface area contributed by atoms with Gasteiger partial charge < -0.3 is 9.64 Å². The maximum absolute atomic E-state index is 13.4. The second-order valence-corrected chi connectivity index (χ2v) is 8.20. The molecule has 1 fully saturated rings. The Kier molecular flexibility index (Phi) is 6.18. The Bertz CT molecular complexity index is 853. The summed E-state index contributed by atoms with van der Waals surface area (Å²) in [5.41, 5.74) is 1.18. The average molecular weight is 448 g/mol. The Labute approximate surface area is 172 Å². The number of amides is 1. The normalized spacial score (nSPS) is 20.7. The van der Waals surface area contributed by atoms with E-state index in [-0.39, 0.29) is 36.6 Å². The van der Waals surface area contributed by atoms with E-state index in [4.69, 9.17) is 4.74 Å². The van der Waals surface area contributed by atoms with Gasteiger partial charge in [0, 0.05) is 22.9 Å². The molecule has 1 aliphatic heterocycles. The standard InChI is InChI=1S/C22H23BrFNO3/c1-15(16-3-7-18(23)8-4-16)25-12-11-22(13-20(25)26,14-21(27)28-2)17-5-9-19(24)10-6-17/h3-10,15H,11-14H2,1-2H3/t15-,22-/m0/s1. The van der Waals surface area contributed by atoms with Crippen molar-refractivity contribution in [2.45, 2.75) is 37.6 Å². The van der Waals surface area contributed by atoms with Crippen LogP contribution in [0.1, 0.15) is 43.4 Å². The maximum Gasteiger partial charge on any atom is 0.306 e. The van der Waals surface area contributed by atoms with Crippen LogP contribution in [0.25, 0.3) is 0 Å². The van der Waals surface area contributed by atoms with Crippen LogP contribution in [0.5, 0.6) is 0 Å². The third-order valence-electron chi connectivity index (χ3n) is 5.63. The molecule has 148 valence electrons. The van der Waals surface area contributed by atoms with Crippen LogP contribution in [0.4, 0.5) is 4.39 Å². The number of rotatable bonds is 5. The quantitative estimate of drug-likeness (QED) is 0.619. The van der Waals surface area contributed by atoms with Gasteiger partial charge in [-0.25, -0.2) is 4.39 Å². The number of ether oxygens (including phenoxy) is 1. The number of likely N-dealkylation sites (tertiary alicyclic amines) is 1. The lowest BCUT2D eigenvalue weighted by Crippen LogP contribution is -2.48. The Morgan fingerprint density at radius 1 is 1.21 bits per heavy atom. The molecule has 2 aromatic carbocycles. The van der Waals surface area contributed by atoms with Crippen molar-refractivity contribution in [3.63, 3.8) is 0 Å². The van der Waals surface area contributed by atoms with Crippen LogP contribution in [0.3, 0.4) is 0 Å². The van der Waals surface area contributed by atoms with Crippen LogP contribution in [-0.4, -0.2) is 30.4 Å². The number of nitrogens with zero attached hydrogens (tertiary/aromatic N) is 1. The summed E-state index contributed by atoms with van der Waals surface area (Å²) >= 11 is 3.43. The first kappa shape index (κ1) is 20.5. The number of piperidine rings is 1. The SMILES string of the molecule is COC(=O)C[C@]1(c2ccc(F)cc2)CCN([C@@H](C)c2ccc(Br)cc2)C(=O)C1. The van der Waals surface area contributed by atoms with Crippen molar-refractivity contribution in [1.29, 1.82) is 0 Å². The monoisotopic (exact) mass is 447 g/mol. The van der Waals surface area contributed by atoms with Crippen LogP contribution >= 0.6 is 15.9 Å². The predicted molar refractivity (Wildman–Crippen MR) is 108 cm³/mol. The predicted octanol–water partition coefficient (Wildman–Crippen LogP) is 4.77. The minimum Gasteiger partial charge on any atom is -0.469 e. The van der Waals surface area contributed by atoms with Crippen LogP contribution < -0.4 is 0 Å². The minimum absolute atomic E-state index is 0.0186. The van der Waals surface area contributed by atoms with Crippen molar-refractivity contribution in [2.24, 2.45) is 0 Å². The molecule has 0 unspecified atom stereocenters. The molecule has 0 radical (unpaired) electrons. The molecule has 0 N–H and O–H groups in total. The number of hydrogen-bond donors (Lipinski definition) is 0. The second kappa shape index (κ2) is 8.43. The van der Waals surface area contributed by atoms with Gasteiger partial charge in [-0.15, -0.1) is 0 Å². The first-order valence-corrected chi connectivity index (χ1v) is 10.0. The molecular formula is C22H23BrFNO3. The molecule has 28 heavy (non-hydrogen) atoms. The van der Waals surface area contributed by atoms with E-state index in [0.717, 1.165) is 15.6 Å². The molecule has 0 aromatic heterocycles. The maximum atomic E-state index is 13.4. The van der Waals surface area contributed by atoms with Gasteiger partial charge in [0.1, 0.15) is 5.82 Å². The van der Waals surface area contributed by atoms with Gasteiger partial charge in [0.25, 0.3) is 0 Å². The molecule has 0 saturated carbocycles. The van der Waals surface area contributed by atoms with E-state index >= 15 is 0 Å². The highest BCUT2D eigenvalue weighted by molar-refractivity contribution is 9.10. The highest BCUT2D eigenvalue weighted by Crippen LogP contribution is 2.41. The smallest absolute Gasteiger partial charge is 0.306 e. The molecular weight excluding hydrogens is 425 g/mol. The van der Waals surface area contributed by atoms with Crippen molar-refractivity contribution in [1.82, 2.24) is 4.90 Å². The Hall–Kier alpha value is -2.21. The Balaban J connectivity index is 1.85. The fraction of sp³-hybridized carbons (Fsp3) is 0.364. The summed E-state index contributed by atoms with van der Waals surface area (Å²) in [6, 6.07) is 13.9. The van der Waals surface area contributed by atoms with E-state index in [9.17, 15) is 14.0 Å². The fourth-order valence-corrected chi connectivity index (χ4v) is 4.19. The number of carbonyl (C=O) groups excluding carboxylic acids is 2. The molecule has 2 atom stereocenters.